The van der Waals surface area contributed by atoms with E-state index in [-0.39, 0.29) is 17.9 Å². The maximum absolute atomic E-state index is 13.0. The van der Waals surface area contributed by atoms with Crippen LogP contribution < -0.4 is 21.9 Å². The Kier molecular flexibility index (Phi) is 10.8. The maximum Gasteiger partial charge on any atom is 0.333 e. The topological polar surface area (TPSA) is 117 Å². The van der Waals surface area contributed by atoms with Crippen molar-refractivity contribution < 1.29 is 9.84 Å². The summed E-state index contributed by atoms with van der Waals surface area (Å²) in [5.74, 6) is 0.707. The monoisotopic (exact) mass is 621 g/mol. The van der Waals surface area contributed by atoms with Crippen LogP contribution in [0.3, 0.4) is 0 Å². The van der Waals surface area contributed by atoms with Gasteiger partial charge in [-0.1, -0.05) is 6.08 Å². The van der Waals surface area contributed by atoms with Gasteiger partial charge in [-0.25, -0.2) is 9.78 Å². The van der Waals surface area contributed by atoms with Gasteiger partial charge in [-0.3, -0.25) is 18.8 Å². The summed E-state index contributed by atoms with van der Waals surface area (Å²) in [5, 5.41) is 16.2. The third-order valence-corrected chi connectivity index (χ3v) is 7.59. The van der Waals surface area contributed by atoms with Gasteiger partial charge >= 0.3 is 5.69 Å². The van der Waals surface area contributed by atoms with Crippen molar-refractivity contribution in [2.75, 3.05) is 57.7 Å². The molecule has 2 aromatic heterocycles. The van der Waals surface area contributed by atoms with Crippen molar-refractivity contribution in [3.05, 3.63) is 67.6 Å². The molecule has 4 heterocycles. The number of thiocarbonyl (C=S) groups is 1. The van der Waals surface area contributed by atoms with Crippen molar-refractivity contribution in [2.24, 2.45) is 0 Å². The van der Waals surface area contributed by atoms with Gasteiger partial charge in [0.15, 0.2) is 11.3 Å². The van der Waals surface area contributed by atoms with E-state index in [1.54, 1.807) is 25.3 Å². The molecule has 3 N–H and O–H groups in total. The molecule has 0 aliphatic carbocycles. The highest BCUT2D eigenvalue weighted by molar-refractivity contribution is 9.10. The Morgan fingerprint density at radius 1 is 1.13 bits per heavy atom. The first-order chi connectivity index (χ1) is 18.8. The van der Waals surface area contributed by atoms with Crippen LogP contribution in [-0.4, -0.2) is 92.7 Å². The zero-order valence-corrected chi connectivity index (χ0v) is 24.5. The van der Waals surface area contributed by atoms with Crippen LogP contribution in [0.2, 0.25) is 0 Å². The van der Waals surface area contributed by atoms with Gasteiger partial charge in [0.2, 0.25) is 0 Å². The quantitative estimate of drug-likeness (QED) is 0.193. The Balaban J connectivity index is 1.14. The largest absolute Gasteiger partial charge is 0.393 e. The lowest BCUT2D eigenvalue weighted by molar-refractivity contribution is -0.0111. The predicted molar refractivity (Wildman–Crippen MR) is 158 cm³/mol. The number of aliphatic hydroxyl groups excluding tert-OH is 1. The highest BCUT2D eigenvalue weighted by Crippen LogP contribution is 2.19. The summed E-state index contributed by atoms with van der Waals surface area (Å²) in [7, 11) is 0. The van der Waals surface area contributed by atoms with Crippen LogP contribution in [0.25, 0.3) is 0 Å². The van der Waals surface area contributed by atoms with E-state index in [0.29, 0.717) is 23.0 Å². The molecule has 2 aliphatic heterocycles. The molecule has 2 aliphatic rings. The van der Waals surface area contributed by atoms with Crippen molar-refractivity contribution in [1.82, 2.24) is 29.2 Å². The summed E-state index contributed by atoms with van der Waals surface area (Å²) in [5.41, 5.74) is -0.156. The second-order valence-corrected chi connectivity index (χ2v) is 11.0. The number of halogens is 1. The summed E-state index contributed by atoms with van der Waals surface area (Å²) < 4.78 is 9.31. The lowest BCUT2D eigenvalue weighted by Gasteiger charge is -2.34. The fraction of sp³-hybridized carbons (Fsp3) is 0.538. The third-order valence-electron chi connectivity index (χ3n) is 6.88. The van der Waals surface area contributed by atoms with Gasteiger partial charge in [0.25, 0.3) is 5.56 Å². The second-order valence-electron chi connectivity index (χ2n) is 9.72. The normalized spacial score (nSPS) is 19.9. The number of ether oxygens (including phenoxy) is 1. The molecule has 0 bridgehead atoms. The summed E-state index contributed by atoms with van der Waals surface area (Å²) in [6, 6.07) is 3.78. The molecule has 212 valence electrons. The minimum atomic E-state index is -0.609. The number of piperazine rings is 1. The van der Waals surface area contributed by atoms with E-state index in [1.807, 2.05) is 12.1 Å². The van der Waals surface area contributed by atoms with E-state index in [0.717, 1.165) is 63.1 Å². The molecule has 0 saturated carbocycles. The molecule has 39 heavy (non-hydrogen) atoms. The van der Waals surface area contributed by atoms with E-state index in [9.17, 15) is 14.7 Å². The Bertz CT molecular complexity index is 1260. The molecule has 2 atom stereocenters. The Hall–Kier alpha value is -2.42. The summed E-state index contributed by atoms with van der Waals surface area (Å²) >= 11 is 8.72. The molecular weight excluding hydrogens is 586 g/mol. The molecule has 4 rings (SSSR count). The highest BCUT2D eigenvalue weighted by atomic mass is 79.9. The van der Waals surface area contributed by atoms with Crippen molar-refractivity contribution >= 4 is 39.1 Å². The van der Waals surface area contributed by atoms with Crippen LogP contribution in [0.5, 0.6) is 0 Å². The Morgan fingerprint density at radius 3 is 2.51 bits per heavy atom. The number of aromatic nitrogens is 3. The number of rotatable bonds is 11. The van der Waals surface area contributed by atoms with Gasteiger partial charge in [-0.2, -0.15) is 0 Å². The SMILES string of the molecule is Cc1cn(C2C=CC(CO)O2)c(=O)n(CCCCN2CCN(CCNC(=S)Nc3ccc(Br)cn3)CC2)c1=O. The predicted octanol–water partition coefficient (Wildman–Crippen LogP) is 1.31. The smallest absolute Gasteiger partial charge is 0.333 e. The standard InChI is InChI=1S/C26H36BrN7O4S/c1-19-17-34(23-7-5-21(18-35)38-23)26(37)33(24(19)36)10-3-2-9-31-12-14-32(15-13-31)11-8-28-25(39)30-22-6-4-20(27)16-29-22/h4-7,16-17,21,23,35H,2-3,8-15,18H2,1H3,(H2,28,29,30,39). The van der Waals surface area contributed by atoms with Crippen LogP contribution in [0, 0.1) is 6.92 Å². The fourth-order valence-corrected chi connectivity index (χ4v) is 5.11. The van der Waals surface area contributed by atoms with E-state index >= 15 is 0 Å². The van der Waals surface area contributed by atoms with Crippen molar-refractivity contribution in [2.45, 2.75) is 38.6 Å². The van der Waals surface area contributed by atoms with Crippen LogP contribution in [0.15, 0.2) is 50.7 Å². The van der Waals surface area contributed by atoms with E-state index in [1.165, 1.54) is 15.3 Å². The number of aryl methyl sites for hydroxylation is 1. The van der Waals surface area contributed by atoms with Crippen LogP contribution >= 0.6 is 28.1 Å². The molecule has 1 saturated heterocycles. The molecule has 0 amide bonds. The number of pyridine rings is 1. The molecule has 2 aromatic rings. The van der Waals surface area contributed by atoms with Gasteiger partial charge < -0.3 is 25.4 Å². The van der Waals surface area contributed by atoms with E-state index < -0.39 is 12.3 Å². The molecule has 1 fully saturated rings. The second kappa shape index (κ2) is 14.3. The molecule has 0 radical (unpaired) electrons. The van der Waals surface area contributed by atoms with Gasteiger partial charge in [0, 0.05) is 68.2 Å². The first-order valence-corrected chi connectivity index (χ1v) is 14.4. The first-order valence-electron chi connectivity index (χ1n) is 13.2. The van der Waals surface area contributed by atoms with Crippen LogP contribution in [0.4, 0.5) is 5.82 Å². The number of unbranched alkanes of at least 4 members (excludes halogenated alkanes) is 1. The van der Waals surface area contributed by atoms with Crippen molar-refractivity contribution in [3.63, 3.8) is 0 Å². The third kappa shape index (κ3) is 8.29. The van der Waals surface area contributed by atoms with Gasteiger partial charge in [-0.15, -0.1) is 0 Å². The molecule has 13 heteroatoms. The van der Waals surface area contributed by atoms with E-state index in [4.69, 9.17) is 17.0 Å². The van der Waals surface area contributed by atoms with Crippen LogP contribution in [-0.2, 0) is 11.3 Å². The molecule has 11 nitrogen and oxygen atoms in total. The van der Waals surface area contributed by atoms with E-state index in [2.05, 4.69) is 41.3 Å². The highest BCUT2D eigenvalue weighted by Gasteiger charge is 2.23. The molecule has 2 unspecified atom stereocenters. The lowest BCUT2D eigenvalue weighted by atomic mass is 10.2. The Labute approximate surface area is 241 Å². The number of anilines is 1. The zero-order chi connectivity index (χ0) is 27.8. The average molecular weight is 623 g/mol. The van der Waals surface area contributed by atoms with Gasteiger partial charge in [0.05, 0.1) is 6.61 Å². The van der Waals surface area contributed by atoms with Crippen molar-refractivity contribution in [1.29, 1.82) is 0 Å². The first kappa shape index (κ1) is 29.6. The van der Waals surface area contributed by atoms with Gasteiger partial charge in [-0.05, 0) is 72.7 Å². The summed E-state index contributed by atoms with van der Waals surface area (Å²) in [6.45, 7) is 8.47. The molecule has 0 spiro atoms. The average Bonchev–Trinajstić information content (AvgIpc) is 3.41. The number of hydrogen-bond acceptors (Lipinski definition) is 8. The minimum absolute atomic E-state index is 0.150. The maximum atomic E-state index is 13.0. The number of hydrogen-bond donors (Lipinski definition) is 3. The van der Waals surface area contributed by atoms with Crippen LogP contribution in [0.1, 0.15) is 24.6 Å². The Morgan fingerprint density at radius 2 is 1.85 bits per heavy atom. The zero-order valence-electron chi connectivity index (χ0n) is 22.1. The summed E-state index contributed by atoms with van der Waals surface area (Å²) in [4.78, 5) is 34.8. The van der Waals surface area contributed by atoms with Crippen molar-refractivity contribution in [3.8, 4) is 0 Å². The lowest BCUT2D eigenvalue weighted by Crippen LogP contribution is -2.48. The number of aliphatic hydroxyl groups is 1. The molecular formula is C26H36BrN7O4S. The van der Waals surface area contributed by atoms with Gasteiger partial charge in [0.1, 0.15) is 11.9 Å². The fourth-order valence-electron chi connectivity index (χ4n) is 4.67. The number of nitrogens with one attached hydrogen (secondary N) is 2. The minimum Gasteiger partial charge on any atom is -0.393 e. The molecule has 0 aromatic carbocycles. The number of nitrogens with zero attached hydrogens (tertiary/aromatic N) is 5. The summed E-state index contributed by atoms with van der Waals surface area (Å²) in [6.07, 6.45) is 7.32.